The first-order valence-electron chi connectivity index (χ1n) is 7.54. The lowest BCUT2D eigenvalue weighted by Crippen LogP contribution is -2.33. The summed E-state index contributed by atoms with van der Waals surface area (Å²) in [4.78, 5) is 23.8. The first kappa shape index (κ1) is 18.2. The second-order valence-electron chi connectivity index (χ2n) is 5.77. The molecule has 0 saturated heterocycles. The van der Waals surface area contributed by atoms with Gasteiger partial charge in [-0.3, -0.25) is 4.79 Å². The predicted octanol–water partition coefficient (Wildman–Crippen LogP) is 1.41. The van der Waals surface area contributed by atoms with E-state index in [4.69, 9.17) is 5.11 Å². The van der Waals surface area contributed by atoms with Crippen LogP contribution in [0.2, 0.25) is 0 Å². The Morgan fingerprint density at radius 3 is 2.29 bits per heavy atom. The van der Waals surface area contributed by atoms with Gasteiger partial charge < -0.3 is 15.3 Å². The first-order valence-corrected chi connectivity index (χ1v) is 8.98. The van der Waals surface area contributed by atoms with E-state index < -0.39 is 22.0 Å². The van der Waals surface area contributed by atoms with Gasteiger partial charge in [0.2, 0.25) is 10.0 Å². The Hall–Kier alpha value is -2.13. The molecule has 1 aromatic carbocycles. The second kappa shape index (κ2) is 7.18. The van der Waals surface area contributed by atoms with Gasteiger partial charge >= 0.3 is 12.0 Å². The molecule has 1 fully saturated rings. The molecule has 0 aliphatic heterocycles. The van der Waals surface area contributed by atoms with Crippen molar-refractivity contribution in [2.75, 3.05) is 26.0 Å². The van der Waals surface area contributed by atoms with E-state index in [0.717, 1.165) is 12.8 Å². The maximum atomic E-state index is 12.4. The molecule has 1 aliphatic carbocycles. The standard InChI is InChI=1S/C15H21N3O5S/c1-17(10-9-14(19)20)15(21)16-11-3-7-13(8-4-11)24(22,23)18(2)12-5-6-12/h3-4,7-8,12H,5-6,9-10H2,1-2H3,(H,16,21)(H,19,20). The van der Waals surface area contributed by atoms with Crippen molar-refractivity contribution in [3.8, 4) is 0 Å². The van der Waals surface area contributed by atoms with Crippen molar-refractivity contribution in [1.29, 1.82) is 0 Å². The molecule has 0 bridgehead atoms. The molecule has 0 unspecified atom stereocenters. The van der Waals surface area contributed by atoms with Crippen LogP contribution < -0.4 is 5.32 Å². The number of aliphatic carboxylic acids is 1. The van der Waals surface area contributed by atoms with Gasteiger partial charge in [0, 0.05) is 32.4 Å². The molecule has 9 heteroatoms. The number of carbonyl (C=O) groups is 2. The summed E-state index contributed by atoms with van der Waals surface area (Å²) in [6.07, 6.45) is 1.62. The molecule has 1 saturated carbocycles. The maximum Gasteiger partial charge on any atom is 0.321 e. The molecule has 8 nitrogen and oxygen atoms in total. The van der Waals surface area contributed by atoms with Gasteiger partial charge in [-0.05, 0) is 37.1 Å². The van der Waals surface area contributed by atoms with Crippen molar-refractivity contribution < 1.29 is 23.1 Å². The van der Waals surface area contributed by atoms with Crippen molar-refractivity contribution >= 4 is 27.7 Å². The molecule has 0 spiro atoms. The fourth-order valence-corrected chi connectivity index (χ4v) is 3.51. The molecule has 2 rings (SSSR count). The van der Waals surface area contributed by atoms with Crippen LogP contribution in [0.25, 0.3) is 0 Å². The Bertz CT molecular complexity index is 713. The SMILES string of the molecule is CN(CCC(=O)O)C(=O)Nc1ccc(S(=O)(=O)N(C)C2CC2)cc1. The molecule has 0 atom stereocenters. The number of carboxylic acids is 1. The minimum atomic E-state index is -3.51. The van der Waals surface area contributed by atoms with Crippen LogP contribution in [0.5, 0.6) is 0 Å². The van der Waals surface area contributed by atoms with Gasteiger partial charge in [-0.25, -0.2) is 13.2 Å². The predicted molar refractivity (Wildman–Crippen MR) is 88.3 cm³/mol. The number of nitrogens with zero attached hydrogens (tertiary/aromatic N) is 2. The van der Waals surface area contributed by atoms with Crippen molar-refractivity contribution in [3.05, 3.63) is 24.3 Å². The highest BCUT2D eigenvalue weighted by atomic mass is 32.2. The van der Waals surface area contributed by atoms with E-state index in [-0.39, 0.29) is 23.9 Å². The van der Waals surface area contributed by atoms with Gasteiger partial charge in [0.05, 0.1) is 11.3 Å². The first-order chi connectivity index (χ1) is 11.2. The van der Waals surface area contributed by atoms with E-state index in [1.165, 1.54) is 40.5 Å². The third-order valence-electron chi connectivity index (χ3n) is 3.85. The van der Waals surface area contributed by atoms with E-state index in [2.05, 4.69) is 5.32 Å². The van der Waals surface area contributed by atoms with E-state index in [1.807, 2.05) is 0 Å². The van der Waals surface area contributed by atoms with Gasteiger partial charge in [0.1, 0.15) is 0 Å². The number of amides is 2. The van der Waals surface area contributed by atoms with E-state index in [9.17, 15) is 18.0 Å². The Labute approximate surface area is 141 Å². The molecular formula is C15H21N3O5S. The quantitative estimate of drug-likeness (QED) is 0.769. The summed E-state index contributed by atoms with van der Waals surface area (Å²) in [5, 5.41) is 11.2. The molecule has 0 heterocycles. The number of benzene rings is 1. The van der Waals surface area contributed by atoms with Crippen molar-refractivity contribution in [2.24, 2.45) is 0 Å². The zero-order valence-corrected chi connectivity index (χ0v) is 14.4. The van der Waals surface area contributed by atoms with Gasteiger partial charge in [0.25, 0.3) is 0 Å². The summed E-state index contributed by atoms with van der Waals surface area (Å²) in [7, 11) is -0.453. The largest absolute Gasteiger partial charge is 0.481 e. The average Bonchev–Trinajstić information content (AvgIpc) is 3.37. The number of hydrogen-bond acceptors (Lipinski definition) is 4. The molecular weight excluding hydrogens is 334 g/mol. The van der Waals surface area contributed by atoms with E-state index in [1.54, 1.807) is 7.05 Å². The Kier molecular flexibility index (Phi) is 5.45. The normalized spacial score (nSPS) is 14.5. The summed E-state index contributed by atoms with van der Waals surface area (Å²) in [6.45, 7) is 0.0831. The fraction of sp³-hybridized carbons (Fsp3) is 0.467. The summed E-state index contributed by atoms with van der Waals surface area (Å²) in [5.41, 5.74) is 0.440. The average molecular weight is 355 g/mol. The Morgan fingerprint density at radius 1 is 1.21 bits per heavy atom. The summed E-state index contributed by atoms with van der Waals surface area (Å²) in [5.74, 6) is -0.982. The highest BCUT2D eigenvalue weighted by Crippen LogP contribution is 2.30. The highest BCUT2D eigenvalue weighted by molar-refractivity contribution is 7.89. The van der Waals surface area contributed by atoms with Crippen LogP contribution in [-0.4, -0.2) is 61.4 Å². The van der Waals surface area contributed by atoms with Crippen LogP contribution in [0.15, 0.2) is 29.2 Å². The fourth-order valence-electron chi connectivity index (χ4n) is 2.09. The molecule has 2 amide bonds. The third-order valence-corrected chi connectivity index (χ3v) is 5.78. The van der Waals surface area contributed by atoms with Crippen LogP contribution >= 0.6 is 0 Å². The van der Waals surface area contributed by atoms with E-state index >= 15 is 0 Å². The minimum absolute atomic E-state index is 0.0808. The zero-order valence-electron chi connectivity index (χ0n) is 13.6. The summed E-state index contributed by atoms with van der Waals surface area (Å²) < 4.78 is 26.1. The lowest BCUT2D eigenvalue weighted by molar-refractivity contribution is -0.137. The van der Waals surface area contributed by atoms with Crippen LogP contribution in [0.4, 0.5) is 10.5 Å². The second-order valence-corrected chi connectivity index (χ2v) is 7.77. The number of hydrogen-bond donors (Lipinski definition) is 2. The molecule has 24 heavy (non-hydrogen) atoms. The van der Waals surface area contributed by atoms with Crippen LogP contribution in [-0.2, 0) is 14.8 Å². The molecule has 1 aromatic rings. The highest BCUT2D eigenvalue weighted by Gasteiger charge is 2.34. The Morgan fingerprint density at radius 2 is 1.79 bits per heavy atom. The number of anilines is 1. The molecule has 0 aromatic heterocycles. The minimum Gasteiger partial charge on any atom is -0.481 e. The van der Waals surface area contributed by atoms with Gasteiger partial charge in [-0.1, -0.05) is 0 Å². The number of carboxylic acid groups (broad SMARTS) is 1. The Balaban J connectivity index is 1.99. The number of carbonyl (C=O) groups excluding carboxylic acids is 1. The summed E-state index contributed by atoms with van der Waals surface area (Å²) >= 11 is 0. The van der Waals surface area contributed by atoms with Gasteiger partial charge in [-0.15, -0.1) is 0 Å². The molecule has 132 valence electrons. The maximum absolute atomic E-state index is 12.4. The zero-order chi connectivity index (χ0) is 17.9. The van der Waals surface area contributed by atoms with Crippen LogP contribution in [0, 0.1) is 0 Å². The van der Waals surface area contributed by atoms with E-state index in [0.29, 0.717) is 5.69 Å². The van der Waals surface area contributed by atoms with Crippen LogP contribution in [0.1, 0.15) is 19.3 Å². The topological polar surface area (TPSA) is 107 Å². The van der Waals surface area contributed by atoms with Crippen molar-refractivity contribution in [3.63, 3.8) is 0 Å². The van der Waals surface area contributed by atoms with Gasteiger partial charge in [0.15, 0.2) is 0 Å². The number of urea groups is 1. The number of rotatable bonds is 7. The number of nitrogens with one attached hydrogen (secondary N) is 1. The molecule has 0 radical (unpaired) electrons. The van der Waals surface area contributed by atoms with Gasteiger partial charge in [-0.2, -0.15) is 4.31 Å². The summed E-state index contributed by atoms with van der Waals surface area (Å²) in [6, 6.07) is 5.54. The third kappa shape index (κ3) is 4.45. The molecule has 2 N–H and O–H groups in total. The van der Waals surface area contributed by atoms with Crippen molar-refractivity contribution in [2.45, 2.75) is 30.2 Å². The monoisotopic (exact) mass is 355 g/mol. The smallest absolute Gasteiger partial charge is 0.321 e. The lowest BCUT2D eigenvalue weighted by atomic mass is 10.3. The van der Waals surface area contributed by atoms with Crippen molar-refractivity contribution in [1.82, 2.24) is 9.21 Å². The molecule has 1 aliphatic rings. The number of sulfonamides is 1. The van der Waals surface area contributed by atoms with Crippen LogP contribution in [0.3, 0.4) is 0 Å². The lowest BCUT2D eigenvalue weighted by Gasteiger charge is -2.18.